The Morgan fingerprint density at radius 2 is 1.59 bits per heavy atom. The standard InChI is InChI=1S/C29H24N2O3/c32-26(30-22-13-5-2-6-14-22)19-34-29(33)27-23-15-7-8-17-25(23)31-28-21(12-9-16-24(27)28)18-20-10-3-1-4-11-20/h1-8,10-11,13-15,17-18H,9,12,16,19H2,(H,30,32). The number of allylic oxidation sites excluding steroid dienone is 1. The predicted molar refractivity (Wildman–Crippen MR) is 134 cm³/mol. The van der Waals surface area contributed by atoms with Crippen molar-refractivity contribution in [3.8, 4) is 0 Å². The Morgan fingerprint density at radius 3 is 2.38 bits per heavy atom. The van der Waals surface area contributed by atoms with Crippen molar-refractivity contribution in [1.82, 2.24) is 4.98 Å². The molecule has 1 aromatic heterocycles. The molecule has 1 amide bonds. The Hall–Kier alpha value is -4.25. The summed E-state index contributed by atoms with van der Waals surface area (Å²) in [7, 11) is 0. The summed E-state index contributed by atoms with van der Waals surface area (Å²) in [5, 5.41) is 3.49. The van der Waals surface area contributed by atoms with Gasteiger partial charge in [-0.3, -0.25) is 4.79 Å². The van der Waals surface area contributed by atoms with Crippen LogP contribution < -0.4 is 5.32 Å². The molecule has 5 heteroatoms. The maximum Gasteiger partial charge on any atom is 0.339 e. The molecule has 0 aliphatic heterocycles. The van der Waals surface area contributed by atoms with E-state index in [1.54, 1.807) is 12.1 Å². The maximum absolute atomic E-state index is 13.3. The Kier molecular flexibility index (Phi) is 6.17. The van der Waals surface area contributed by atoms with Crippen molar-refractivity contribution in [3.63, 3.8) is 0 Å². The number of carbonyl (C=O) groups is 2. The number of nitrogens with zero attached hydrogens (tertiary/aromatic N) is 1. The van der Waals surface area contributed by atoms with Crippen LogP contribution in [0, 0.1) is 0 Å². The zero-order valence-corrected chi connectivity index (χ0v) is 18.7. The average Bonchev–Trinajstić information content (AvgIpc) is 2.87. The lowest BCUT2D eigenvalue weighted by Crippen LogP contribution is -2.22. The molecule has 4 aromatic rings. The van der Waals surface area contributed by atoms with Crippen molar-refractivity contribution in [2.45, 2.75) is 19.3 Å². The van der Waals surface area contributed by atoms with Gasteiger partial charge in [-0.1, -0.05) is 66.7 Å². The molecule has 5 rings (SSSR count). The second-order valence-electron chi connectivity index (χ2n) is 8.26. The quantitative estimate of drug-likeness (QED) is 0.386. The molecule has 0 saturated carbocycles. The summed E-state index contributed by atoms with van der Waals surface area (Å²) in [6.45, 7) is -0.355. The molecular weight excluding hydrogens is 424 g/mol. The topological polar surface area (TPSA) is 68.3 Å². The van der Waals surface area contributed by atoms with Gasteiger partial charge in [0.25, 0.3) is 5.91 Å². The first kappa shape index (κ1) is 21.6. The van der Waals surface area contributed by atoms with Crippen molar-refractivity contribution < 1.29 is 14.3 Å². The summed E-state index contributed by atoms with van der Waals surface area (Å²) in [5.41, 5.74) is 5.84. The number of anilines is 1. The van der Waals surface area contributed by atoms with Gasteiger partial charge in [0.15, 0.2) is 6.61 Å². The third-order valence-corrected chi connectivity index (χ3v) is 5.91. The van der Waals surface area contributed by atoms with Crippen LogP contribution in [0.15, 0.2) is 84.9 Å². The Labute approximate surface area is 198 Å². The molecule has 3 aromatic carbocycles. The lowest BCUT2D eigenvalue weighted by molar-refractivity contribution is -0.119. The molecule has 0 radical (unpaired) electrons. The fourth-order valence-corrected chi connectivity index (χ4v) is 4.38. The van der Waals surface area contributed by atoms with Gasteiger partial charge in [-0.15, -0.1) is 0 Å². The second kappa shape index (κ2) is 9.71. The third kappa shape index (κ3) is 4.59. The van der Waals surface area contributed by atoms with E-state index >= 15 is 0 Å². The molecule has 5 nitrogen and oxygen atoms in total. The molecule has 0 fully saturated rings. The van der Waals surface area contributed by atoms with Crippen LogP contribution in [0.5, 0.6) is 0 Å². The first-order valence-corrected chi connectivity index (χ1v) is 11.4. The number of nitrogens with one attached hydrogen (secondary N) is 1. The van der Waals surface area contributed by atoms with E-state index in [9.17, 15) is 9.59 Å². The molecule has 0 bridgehead atoms. The monoisotopic (exact) mass is 448 g/mol. The zero-order valence-electron chi connectivity index (χ0n) is 18.7. The highest BCUT2D eigenvalue weighted by Crippen LogP contribution is 2.36. The number of aromatic nitrogens is 1. The van der Waals surface area contributed by atoms with Crippen LogP contribution in [0.1, 0.15) is 40.0 Å². The Bertz CT molecular complexity index is 1380. The van der Waals surface area contributed by atoms with Crippen LogP contribution in [0.25, 0.3) is 22.6 Å². The third-order valence-electron chi connectivity index (χ3n) is 5.91. The summed E-state index contributed by atoms with van der Waals surface area (Å²) < 4.78 is 5.49. The minimum absolute atomic E-state index is 0.355. The summed E-state index contributed by atoms with van der Waals surface area (Å²) in [4.78, 5) is 30.6. The van der Waals surface area contributed by atoms with Gasteiger partial charge in [-0.05, 0) is 60.2 Å². The van der Waals surface area contributed by atoms with E-state index in [4.69, 9.17) is 9.72 Å². The Balaban J connectivity index is 1.47. The fourth-order valence-electron chi connectivity index (χ4n) is 4.38. The summed E-state index contributed by atoms with van der Waals surface area (Å²) in [6.07, 6.45) is 4.68. The number of ether oxygens (including phenoxy) is 1. The minimum atomic E-state index is -0.501. The molecule has 0 atom stereocenters. The number of hydrogen-bond acceptors (Lipinski definition) is 4. The lowest BCUT2D eigenvalue weighted by atomic mass is 9.86. The van der Waals surface area contributed by atoms with Crippen LogP contribution in [0.4, 0.5) is 5.69 Å². The van der Waals surface area contributed by atoms with Gasteiger partial charge < -0.3 is 10.1 Å². The van der Waals surface area contributed by atoms with E-state index in [-0.39, 0.29) is 12.5 Å². The molecule has 0 spiro atoms. The van der Waals surface area contributed by atoms with E-state index in [0.717, 1.165) is 52.6 Å². The molecule has 34 heavy (non-hydrogen) atoms. The summed E-state index contributed by atoms with van der Waals surface area (Å²) in [6, 6.07) is 26.8. The molecule has 1 aliphatic carbocycles. The maximum atomic E-state index is 13.3. The van der Waals surface area contributed by atoms with E-state index in [0.29, 0.717) is 11.3 Å². The first-order chi connectivity index (χ1) is 16.7. The highest BCUT2D eigenvalue weighted by atomic mass is 16.5. The number of para-hydroxylation sites is 2. The van der Waals surface area contributed by atoms with Gasteiger partial charge >= 0.3 is 5.97 Å². The van der Waals surface area contributed by atoms with Crippen molar-refractivity contribution in [3.05, 3.63) is 107 Å². The van der Waals surface area contributed by atoms with Crippen molar-refractivity contribution >= 4 is 40.1 Å². The van der Waals surface area contributed by atoms with Crippen LogP contribution in [0.3, 0.4) is 0 Å². The van der Waals surface area contributed by atoms with E-state index < -0.39 is 5.97 Å². The number of esters is 1. The average molecular weight is 449 g/mol. The van der Waals surface area contributed by atoms with Gasteiger partial charge in [0, 0.05) is 11.1 Å². The summed E-state index contributed by atoms with van der Waals surface area (Å²) >= 11 is 0. The molecule has 0 unspecified atom stereocenters. The van der Waals surface area contributed by atoms with Gasteiger partial charge in [0.2, 0.25) is 0 Å². The highest BCUT2D eigenvalue weighted by molar-refractivity contribution is 6.07. The second-order valence-corrected chi connectivity index (χ2v) is 8.26. The molecular formula is C29H24N2O3. The van der Waals surface area contributed by atoms with Crippen LogP contribution in [-0.2, 0) is 16.0 Å². The highest BCUT2D eigenvalue weighted by Gasteiger charge is 2.26. The largest absolute Gasteiger partial charge is 0.452 e. The molecule has 0 saturated heterocycles. The number of benzene rings is 3. The number of fused-ring (bicyclic) bond motifs is 2. The SMILES string of the molecule is O=C(COC(=O)c1c2c(nc3ccccc13)C(=Cc1ccccc1)CCC2)Nc1ccccc1. The number of hydrogen-bond donors (Lipinski definition) is 1. The van der Waals surface area contributed by atoms with Gasteiger partial charge in [-0.25, -0.2) is 9.78 Å². The summed E-state index contributed by atoms with van der Waals surface area (Å²) in [5.74, 6) is -0.879. The number of pyridine rings is 1. The van der Waals surface area contributed by atoms with Crippen LogP contribution >= 0.6 is 0 Å². The number of amides is 1. The molecule has 168 valence electrons. The van der Waals surface area contributed by atoms with E-state index in [1.165, 1.54) is 0 Å². The minimum Gasteiger partial charge on any atom is -0.452 e. The molecule has 1 heterocycles. The zero-order chi connectivity index (χ0) is 23.3. The van der Waals surface area contributed by atoms with E-state index in [2.05, 4.69) is 23.5 Å². The van der Waals surface area contributed by atoms with Gasteiger partial charge in [0.05, 0.1) is 16.8 Å². The van der Waals surface area contributed by atoms with Gasteiger partial charge in [-0.2, -0.15) is 0 Å². The van der Waals surface area contributed by atoms with Gasteiger partial charge in [0.1, 0.15) is 0 Å². The normalized spacial score (nSPS) is 13.9. The smallest absolute Gasteiger partial charge is 0.339 e. The van der Waals surface area contributed by atoms with Crippen molar-refractivity contribution in [2.24, 2.45) is 0 Å². The molecule has 1 aliphatic rings. The number of carbonyl (C=O) groups excluding carboxylic acids is 2. The number of rotatable bonds is 5. The predicted octanol–water partition coefficient (Wildman–Crippen LogP) is 5.91. The van der Waals surface area contributed by atoms with E-state index in [1.807, 2.05) is 60.7 Å². The van der Waals surface area contributed by atoms with Crippen LogP contribution in [0.2, 0.25) is 0 Å². The molecule has 1 N–H and O–H groups in total. The lowest BCUT2D eigenvalue weighted by Gasteiger charge is -2.22. The van der Waals surface area contributed by atoms with Crippen molar-refractivity contribution in [1.29, 1.82) is 0 Å². The van der Waals surface area contributed by atoms with Crippen LogP contribution in [-0.4, -0.2) is 23.5 Å². The van der Waals surface area contributed by atoms with Crippen molar-refractivity contribution in [2.75, 3.05) is 11.9 Å². The fraction of sp³-hybridized carbons (Fsp3) is 0.138. The Morgan fingerprint density at radius 1 is 0.882 bits per heavy atom. The first-order valence-electron chi connectivity index (χ1n) is 11.4.